The molecule has 1 unspecified atom stereocenters. The molecule has 0 amide bonds. The van der Waals surface area contributed by atoms with Crippen molar-refractivity contribution >= 4 is 0 Å². The van der Waals surface area contributed by atoms with Crippen LogP contribution in [0.5, 0.6) is 0 Å². The van der Waals surface area contributed by atoms with Crippen LogP contribution in [-0.2, 0) is 0 Å². The monoisotopic (exact) mass is 228 g/mol. The van der Waals surface area contributed by atoms with Gasteiger partial charge in [0.05, 0.1) is 0 Å². The molecule has 0 radical (unpaired) electrons. The Hall–Kier alpha value is -0.160. The van der Waals surface area contributed by atoms with Gasteiger partial charge >= 0.3 is 0 Å². The second-order valence-corrected chi connectivity index (χ2v) is 5.62. The van der Waals surface area contributed by atoms with Gasteiger partial charge in [0.2, 0.25) is 0 Å². The van der Waals surface area contributed by atoms with Crippen molar-refractivity contribution in [3.8, 4) is 0 Å². The van der Waals surface area contributed by atoms with Gasteiger partial charge in [0.25, 0.3) is 0 Å². The highest BCUT2D eigenvalue weighted by atomic mass is 15.3. The van der Waals surface area contributed by atoms with Crippen LogP contribution in [0.25, 0.3) is 0 Å². The van der Waals surface area contributed by atoms with Crippen LogP contribution in [0.1, 0.15) is 20.8 Å². The predicted octanol–water partition coefficient (Wildman–Crippen LogP) is -0.0508. The fourth-order valence-corrected chi connectivity index (χ4v) is 2.03. The van der Waals surface area contributed by atoms with Crippen molar-refractivity contribution in [3.63, 3.8) is 0 Å². The zero-order valence-corrected chi connectivity index (χ0v) is 11.3. The summed E-state index contributed by atoms with van der Waals surface area (Å²) in [7, 11) is 2.19. The van der Waals surface area contributed by atoms with Gasteiger partial charge in [-0.1, -0.05) is 0 Å². The predicted molar refractivity (Wildman–Crippen MR) is 69.7 cm³/mol. The van der Waals surface area contributed by atoms with E-state index >= 15 is 0 Å². The molecule has 4 nitrogen and oxygen atoms in total. The van der Waals surface area contributed by atoms with E-state index in [1.807, 2.05) is 0 Å². The zero-order valence-electron chi connectivity index (χ0n) is 11.3. The van der Waals surface area contributed by atoms with E-state index in [0.717, 1.165) is 6.54 Å². The van der Waals surface area contributed by atoms with E-state index < -0.39 is 0 Å². The van der Waals surface area contributed by atoms with Crippen LogP contribution in [0.2, 0.25) is 0 Å². The number of likely N-dealkylation sites (N-methyl/N-ethyl adjacent to an activating group) is 1. The Bertz CT molecular complexity index is 197. The summed E-state index contributed by atoms with van der Waals surface area (Å²) in [6.45, 7) is 13.2. The first-order valence-corrected chi connectivity index (χ1v) is 6.33. The molecule has 96 valence electrons. The van der Waals surface area contributed by atoms with Crippen molar-refractivity contribution in [1.82, 2.24) is 15.1 Å². The number of rotatable bonds is 5. The highest BCUT2D eigenvalue weighted by Crippen LogP contribution is 2.15. The van der Waals surface area contributed by atoms with Crippen LogP contribution in [0.4, 0.5) is 0 Å². The molecular formula is C12H28N4. The molecule has 1 aliphatic rings. The highest BCUT2D eigenvalue weighted by Gasteiger charge is 2.28. The minimum absolute atomic E-state index is 0.227. The molecule has 0 spiro atoms. The van der Waals surface area contributed by atoms with Gasteiger partial charge < -0.3 is 16.0 Å². The Labute approximate surface area is 100 Å². The van der Waals surface area contributed by atoms with Gasteiger partial charge in [0, 0.05) is 50.8 Å². The average Bonchev–Trinajstić information content (AvgIpc) is 2.26. The molecule has 1 saturated heterocycles. The summed E-state index contributed by atoms with van der Waals surface area (Å²) in [4.78, 5) is 4.96. The number of nitrogens with zero attached hydrogens (tertiary/aromatic N) is 2. The van der Waals surface area contributed by atoms with Crippen LogP contribution < -0.4 is 11.1 Å². The van der Waals surface area contributed by atoms with E-state index in [1.54, 1.807) is 0 Å². The topological polar surface area (TPSA) is 44.5 Å². The van der Waals surface area contributed by atoms with Gasteiger partial charge in [0.15, 0.2) is 0 Å². The first-order valence-electron chi connectivity index (χ1n) is 6.33. The second-order valence-electron chi connectivity index (χ2n) is 5.62. The number of nitrogens with two attached hydrogens (primary N) is 1. The molecule has 1 atom stereocenters. The number of nitrogens with one attached hydrogen (secondary N) is 1. The lowest BCUT2D eigenvalue weighted by atomic mass is 10.0. The standard InChI is InChI=1S/C12H28N4/c1-11(9-13)14-10-12(2,3)16-7-5-15(4)6-8-16/h11,14H,5-10,13H2,1-4H3. The Kier molecular flexibility index (Phi) is 5.18. The van der Waals surface area contributed by atoms with Crippen LogP contribution >= 0.6 is 0 Å². The van der Waals surface area contributed by atoms with Gasteiger partial charge in [0.1, 0.15) is 0 Å². The maximum atomic E-state index is 5.62. The molecule has 0 bridgehead atoms. The van der Waals surface area contributed by atoms with Crippen LogP contribution in [0, 0.1) is 0 Å². The third-order valence-corrected chi connectivity index (χ3v) is 3.60. The van der Waals surface area contributed by atoms with E-state index in [-0.39, 0.29) is 5.54 Å². The van der Waals surface area contributed by atoms with E-state index in [1.165, 1.54) is 26.2 Å². The molecule has 0 saturated carbocycles. The summed E-state index contributed by atoms with van der Waals surface area (Å²) >= 11 is 0. The van der Waals surface area contributed by atoms with Crippen molar-refractivity contribution in [2.45, 2.75) is 32.4 Å². The van der Waals surface area contributed by atoms with Gasteiger partial charge in [-0.3, -0.25) is 4.90 Å². The number of hydrogen-bond donors (Lipinski definition) is 2. The smallest absolute Gasteiger partial charge is 0.0278 e. The fraction of sp³-hybridized carbons (Fsp3) is 1.00. The van der Waals surface area contributed by atoms with E-state index in [2.05, 4.69) is 42.9 Å². The quantitative estimate of drug-likeness (QED) is 0.692. The van der Waals surface area contributed by atoms with Crippen LogP contribution in [0.15, 0.2) is 0 Å². The second kappa shape index (κ2) is 5.96. The molecule has 1 heterocycles. The Morgan fingerprint density at radius 2 is 1.81 bits per heavy atom. The first kappa shape index (κ1) is 13.9. The third-order valence-electron chi connectivity index (χ3n) is 3.60. The van der Waals surface area contributed by atoms with E-state index in [4.69, 9.17) is 5.73 Å². The average molecular weight is 228 g/mol. The van der Waals surface area contributed by atoms with Crippen molar-refractivity contribution in [3.05, 3.63) is 0 Å². The molecule has 0 aliphatic carbocycles. The van der Waals surface area contributed by atoms with E-state index in [0.29, 0.717) is 12.6 Å². The molecule has 0 aromatic rings. The normalized spacial score (nSPS) is 22.3. The summed E-state index contributed by atoms with van der Waals surface area (Å²) in [5, 5.41) is 3.50. The molecule has 1 rings (SSSR count). The molecule has 0 aromatic carbocycles. The highest BCUT2D eigenvalue weighted by molar-refractivity contribution is 4.87. The van der Waals surface area contributed by atoms with Gasteiger partial charge in [-0.25, -0.2) is 0 Å². The van der Waals surface area contributed by atoms with Crippen molar-refractivity contribution in [2.75, 3.05) is 46.3 Å². The van der Waals surface area contributed by atoms with E-state index in [9.17, 15) is 0 Å². The van der Waals surface area contributed by atoms with Crippen LogP contribution in [0.3, 0.4) is 0 Å². The Balaban J connectivity index is 2.37. The molecular weight excluding hydrogens is 200 g/mol. The summed E-state index contributed by atoms with van der Waals surface area (Å²) in [6.07, 6.45) is 0. The molecule has 3 N–H and O–H groups in total. The first-order chi connectivity index (χ1) is 7.45. The van der Waals surface area contributed by atoms with Crippen molar-refractivity contribution < 1.29 is 0 Å². The number of hydrogen-bond acceptors (Lipinski definition) is 4. The maximum Gasteiger partial charge on any atom is 0.0278 e. The largest absolute Gasteiger partial charge is 0.329 e. The summed E-state index contributed by atoms with van der Waals surface area (Å²) in [5.74, 6) is 0. The SMILES string of the molecule is CC(CN)NCC(C)(C)N1CCN(C)CC1. The van der Waals surface area contributed by atoms with Crippen LogP contribution in [-0.4, -0.2) is 67.7 Å². The van der Waals surface area contributed by atoms with Crippen molar-refractivity contribution in [2.24, 2.45) is 5.73 Å². The molecule has 1 aliphatic heterocycles. The lowest BCUT2D eigenvalue weighted by molar-refractivity contribution is 0.0606. The fourth-order valence-electron chi connectivity index (χ4n) is 2.03. The molecule has 1 fully saturated rings. The van der Waals surface area contributed by atoms with Gasteiger partial charge in [-0.2, -0.15) is 0 Å². The number of piperazine rings is 1. The third kappa shape index (κ3) is 4.01. The molecule has 16 heavy (non-hydrogen) atoms. The molecule has 4 heteroatoms. The summed E-state index contributed by atoms with van der Waals surface area (Å²) in [5.41, 5.74) is 5.84. The maximum absolute atomic E-state index is 5.62. The zero-order chi connectivity index (χ0) is 12.2. The summed E-state index contributed by atoms with van der Waals surface area (Å²) < 4.78 is 0. The van der Waals surface area contributed by atoms with Gasteiger partial charge in [-0.05, 0) is 27.8 Å². The minimum Gasteiger partial charge on any atom is -0.329 e. The Morgan fingerprint density at radius 3 is 2.31 bits per heavy atom. The van der Waals surface area contributed by atoms with Crippen molar-refractivity contribution in [1.29, 1.82) is 0 Å². The van der Waals surface area contributed by atoms with Gasteiger partial charge in [-0.15, -0.1) is 0 Å². The summed E-state index contributed by atoms with van der Waals surface area (Å²) in [6, 6.07) is 0.409. The molecule has 0 aromatic heterocycles. The lowest BCUT2D eigenvalue weighted by Gasteiger charge is -2.43. The Morgan fingerprint density at radius 1 is 1.25 bits per heavy atom. The lowest BCUT2D eigenvalue weighted by Crippen LogP contribution is -2.58. The minimum atomic E-state index is 0.227.